The van der Waals surface area contributed by atoms with Crippen LogP contribution in [-0.2, 0) is 6.54 Å². The standard InChI is InChI=1S/C16H12BrClN4OS/c17-11-3-1-2-10(8-11)15-21-14(23-22-15)9-19-16(24)20-13-6-4-12(18)5-7-13/h1-8H,9H2,(H2,19,20,24). The minimum Gasteiger partial charge on any atom is -0.353 e. The van der Waals surface area contributed by atoms with E-state index >= 15 is 0 Å². The molecule has 3 aromatic rings. The van der Waals surface area contributed by atoms with Crippen LogP contribution >= 0.6 is 39.7 Å². The molecule has 122 valence electrons. The Morgan fingerprint density at radius 2 is 2.00 bits per heavy atom. The third-order valence-electron chi connectivity index (χ3n) is 3.05. The summed E-state index contributed by atoms with van der Waals surface area (Å²) < 4.78 is 6.19. The summed E-state index contributed by atoms with van der Waals surface area (Å²) in [7, 11) is 0. The molecule has 5 nitrogen and oxygen atoms in total. The molecule has 24 heavy (non-hydrogen) atoms. The van der Waals surface area contributed by atoms with Crippen molar-refractivity contribution >= 4 is 50.5 Å². The van der Waals surface area contributed by atoms with Crippen molar-refractivity contribution < 1.29 is 4.52 Å². The van der Waals surface area contributed by atoms with Crippen molar-refractivity contribution in [3.05, 3.63) is 63.9 Å². The van der Waals surface area contributed by atoms with Crippen LogP contribution in [0.4, 0.5) is 5.69 Å². The molecule has 2 aromatic carbocycles. The number of aromatic nitrogens is 2. The Bertz CT molecular complexity index is 853. The molecule has 0 spiro atoms. The van der Waals surface area contributed by atoms with Crippen molar-refractivity contribution in [2.75, 3.05) is 5.32 Å². The van der Waals surface area contributed by atoms with E-state index in [2.05, 4.69) is 36.7 Å². The smallest absolute Gasteiger partial charge is 0.246 e. The van der Waals surface area contributed by atoms with Crippen molar-refractivity contribution in [2.24, 2.45) is 0 Å². The number of halogens is 2. The van der Waals surface area contributed by atoms with Gasteiger partial charge >= 0.3 is 0 Å². The molecule has 0 saturated heterocycles. The van der Waals surface area contributed by atoms with Crippen LogP contribution in [0.25, 0.3) is 11.4 Å². The van der Waals surface area contributed by atoms with E-state index in [4.69, 9.17) is 28.3 Å². The molecule has 0 unspecified atom stereocenters. The molecular weight excluding hydrogens is 412 g/mol. The van der Waals surface area contributed by atoms with E-state index in [0.29, 0.717) is 28.4 Å². The summed E-state index contributed by atoms with van der Waals surface area (Å²) >= 11 is 14.5. The molecule has 0 fully saturated rings. The Hall–Kier alpha value is -1.96. The van der Waals surface area contributed by atoms with Crippen LogP contribution in [0.5, 0.6) is 0 Å². The third-order valence-corrected chi connectivity index (χ3v) is 4.04. The van der Waals surface area contributed by atoms with E-state index < -0.39 is 0 Å². The average Bonchev–Trinajstić information content (AvgIpc) is 3.04. The first-order valence-electron chi connectivity index (χ1n) is 6.99. The van der Waals surface area contributed by atoms with Crippen molar-refractivity contribution in [1.29, 1.82) is 0 Å². The van der Waals surface area contributed by atoms with Gasteiger partial charge in [0.25, 0.3) is 0 Å². The fourth-order valence-electron chi connectivity index (χ4n) is 1.94. The maximum absolute atomic E-state index is 5.85. The molecule has 0 saturated carbocycles. The molecule has 0 aliphatic carbocycles. The number of thiocarbonyl (C=S) groups is 1. The van der Waals surface area contributed by atoms with Crippen molar-refractivity contribution in [3.8, 4) is 11.4 Å². The Kier molecular flexibility index (Phi) is 5.44. The van der Waals surface area contributed by atoms with Gasteiger partial charge in [0, 0.05) is 20.7 Å². The van der Waals surface area contributed by atoms with Gasteiger partial charge in [-0.2, -0.15) is 4.98 Å². The maximum atomic E-state index is 5.85. The van der Waals surface area contributed by atoms with E-state index in [1.165, 1.54) is 0 Å². The number of anilines is 1. The molecule has 1 aromatic heterocycles. The van der Waals surface area contributed by atoms with Gasteiger partial charge in [0.2, 0.25) is 11.7 Å². The highest BCUT2D eigenvalue weighted by Gasteiger charge is 2.09. The Morgan fingerprint density at radius 3 is 2.75 bits per heavy atom. The molecule has 0 amide bonds. The van der Waals surface area contributed by atoms with Gasteiger partial charge in [0.05, 0.1) is 6.54 Å². The SMILES string of the molecule is S=C(NCc1nc(-c2cccc(Br)c2)no1)Nc1ccc(Cl)cc1. The molecule has 0 aliphatic heterocycles. The first-order chi connectivity index (χ1) is 11.6. The molecule has 0 atom stereocenters. The van der Waals surface area contributed by atoms with E-state index in [1.54, 1.807) is 12.1 Å². The first-order valence-corrected chi connectivity index (χ1v) is 8.57. The highest BCUT2D eigenvalue weighted by Crippen LogP contribution is 2.20. The maximum Gasteiger partial charge on any atom is 0.246 e. The van der Waals surface area contributed by atoms with E-state index in [9.17, 15) is 0 Å². The molecule has 2 N–H and O–H groups in total. The predicted octanol–water partition coefficient (Wildman–Crippen LogP) is 4.64. The van der Waals surface area contributed by atoms with Gasteiger partial charge < -0.3 is 15.2 Å². The van der Waals surface area contributed by atoms with Crippen molar-refractivity contribution in [3.63, 3.8) is 0 Å². The normalized spacial score (nSPS) is 10.4. The zero-order valence-electron chi connectivity index (χ0n) is 12.3. The molecule has 1 heterocycles. The lowest BCUT2D eigenvalue weighted by Gasteiger charge is -2.08. The number of rotatable bonds is 4. The zero-order valence-corrected chi connectivity index (χ0v) is 15.5. The lowest BCUT2D eigenvalue weighted by Crippen LogP contribution is -2.27. The van der Waals surface area contributed by atoms with E-state index in [0.717, 1.165) is 15.7 Å². The Morgan fingerprint density at radius 1 is 1.21 bits per heavy atom. The topological polar surface area (TPSA) is 63.0 Å². The van der Waals surface area contributed by atoms with Gasteiger partial charge in [0.15, 0.2) is 5.11 Å². The highest BCUT2D eigenvalue weighted by molar-refractivity contribution is 9.10. The van der Waals surface area contributed by atoms with Crippen LogP contribution < -0.4 is 10.6 Å². The van der Waals surface area contributed by atoms with Crippen LogP contribution in [0.3, 0.4) is 0 Å². The summed E-state index contributed by atoms with van der Waals surface area (Å²) in [5.74, 6) is 0.981. The second kappa shape index (κ2) is 7.74. The lowest BCUT2D eigenvalue weighted by molar-refractivity contribution is 0.376. The summed E-state index contributed by atoms with van der Waals surface area (Å²) in [5.41, 5.74) is 1.72. The van der Waals surface area contributed by atoms with Crippen LogP contribution in [-0.4, -0.2) is 15.3 Å². The minimum absolute atomic E-state index is 0.334. The first kappa shape index (κ1) is 16.9. The van der Waals surface area contributed by atoms with Crippen molar-refractivity contribution in [1.82, 2.24) is 15.5 Å². The summed E-state index contributed by atoms with van der Waals surface area (Å²) in [6.45, 7) is 0.334. The van der Waals surface area contributed by atoms with Crippen LogP contribution in [0, 0.1) is 0 Å². The summed E-state index contributed by atoms with van der Waals surface area (Å²) in [4.78, 5) is 4.35. The van der Waals surface area contributed by atoms with Gasteiger partial charge in [-0.05, 0) is 48.6 Å². The summed E-state index contributed by atoms with van der Waals surface area (Å²) in [6.07, 6.45) is 0. The molecule has 0 bridgehead atoms. The molecule has 0 aliphatic rings. The van der Waals surface area contributed by atoms with Crippen LogP contribution in [0.1, 0.15) is 5.89 Å². The fourth-order valence-corrected chi connectivity index (χ4v) is 2.65. The zero-order chi connectivity index (χ0) is 16.9. The number of nitrogens with zero attached hydrogens (tertiary/aromatic N) is 2. The molecule has 8 heteroatoms. The summed E-state index contributed by atoms with van der Waals surface area (Å²) in [5, 5.41) is 11.2. The molecule has 3 rings (SSSR count). The molecule has 0 radical (unpaired) electrons. The van der Waals surface area contributed by atoms with E-state index in [1.807, 2.05) is 36.4 Å². The van der Waals surface area contributed by atoms with Gasteiger partial charge in [-0.25, -0.2) is 0 Å². The van der Waals surface area contributed by atoms with E-state index in [-0.39, 0.29) is 0 Å². The summed E-state index contributed by atoms with van der Waals surface area (Å²) in [6, 6.07) is 15.0. The number of benzene rings is 2. The Labute approximate surface area is 157 Å². The van der Waals surface area contributed by atoms with Gasteiger partial charge in [-0.1, -0.05) is 44.8 Å². The quantitative estimate of drug-likeness (QED) is 0.596. The number of hydrogen-bond acceptors (Lipinski definition) is 4. The largest absolute Gasteiger partial charge is 0.353 e. The predicted molar refractivity (Wildman–Crippen MR) is 102 cm³/mol. The average molecular weight is 424 g/mol. The fraction of sp³-hybridized carbons (Fsp3) is 0.0625. The number of hydrogen-bond donors (Lipinski definition) is 2. The van der Waals surface area contributed by atoms with Crippen LogP contribution in [0.2, 0.25) is 5.02 Å². The van der Waals surface area contributed by atoms with Gasteiger partial charge in [0.1, 0.15) is 0 Å². The Balaban J connectivity index is 1.57. The number of nitrogens with one attached hydrogen (secondary N) is 2. The minimum atomic E-state index is 0.334. The second-order valence-corrected chi connectivity index (χ2v) is 6.60. The monoisotopic (exact) mass is 422 g/mol. The third kappa shape index (κ3) is 4.53. The lowest BCUT2D eigenvalue weighted by atomic mass is 10.2. The van der Waals surface area contributed by atoms with Gasteiger partial charge in [-0.3, -0.25) is 0 Å². The molecular formula is C16H12BrClN4OS. The second-order valence-electron chi connectivity index (χ2n) is 4.84. The van der Waals surface area contributed by atoms with Crippen molar-refractivity contribution in [2.45, 2.75) is 6.54 Å². The van der Waals surface area contributed by atoms with Crippen LogP contribution in [0.15, 0.2) is 57.5 Å². The van der Waals surface area contributed by atoms with Gasteiger partial charge in [-0.15, -0.1) is 0 Å². The highest BCUT2D eigenvalue weighted by atomic mass is 79.9.